The zero-order valence-electron chi connectivity index (χ0n) is 15.7. The largest absolute Gasteiger partial charge is 0.453 e. The Bertz CT molecular complexity index is 1060. The van der Waals surface area contributed by atoms with Crippen LogP contribution in [0.15, 0.2) is 36.4 Å². The molecule has 0 spiro atoms. The summed E-state index contributed by atoms with van der Waals surface area (Å²) in [4.78, 5) is 14.3. The molecule has 158 valence electrons. The van der Waals surface area contributed by atoms with Crippen LogP contribution in [0.4, 0.5) is 19.0 Å². The summed E-state index contributed by atoms with van der Waals surface area (Å²) >= 11 is 5.95. The number of piperidine rings is 1. The number of amides is 1. The van der Waals surface area contributed by atoms with Gasteiger partial charge in [-0.2, -0.15) is 17.7 Å². The number of hydrogen-bond acceptors (Lipinski definition) is 5. The molecule has 0 unspecified atom stereocenters. The topological polar surface area (TPSA) is 75.4 Å². The first-order valence-corrected chi connectivity index (χ1v) is 9.76. The molecule has 7 nitrogen and oxygen atoms in total. The summed E-state index contributed by atoms with van der Waals surface area (Å²) in [5, 5.41) is 14.3. The zero-order valence-corrected chi connectivity index (χ0v) is 16.5. The Morgan fingerprint density at radius 2 is 1.93 bits per heavy atom. The number of halogens is 4. The van der Waals surface area contributed by atoms with Crippen LogP contribution < -0.4 is 10.2 Å². The van der Waals surface area contributed by atoms with E-state index in [4.69, 9.17) is 11.6 Å². The maximum atomic E-state index is 13.1. The van der Waals surface area contributed by atoms with Gasteiger partial charge < -0.3 is 10.2 Å². The van der Waals surface area contributed by atoms with E-state index in [9.17, 15) is 18.0 Å². The average molecular weight is 439 g/mol. The molecule has 1 aromatic carbocycles. The van der Waals surface area contributed by atoms with Crippen molar-refractivity contribution in [3.8, 4) is 0 Å². The number of nitrogens with one attached hydrogen (secondary N) is 1. The Balaban J connectivity index is 1.37. The van der Waals surface area contributed by atoms with E-state index in [1.165, 1.54) is 6.07 Å². The highest BCUT2D eigenvalue weighted by Gasteiger charge is 2.38. The molecular weight excluding hydrogens is 421 g/mol. The Kier molecular flexibility index (Phi) is 5.50. The van der Waals surface area contributed by atoms with E-state index in [-0.39, 0.29) is 17.5 Å². The van der Waals surface area contributed by atoms with Crippen LogP contribution in [0, 0.1) is 5.92 Å². The standard InChI is InChI=1S/C19H18ClF3N6O/c20-14-3-1-2-12(10-14)11-24-17(30)13-6-8-28(9-7-13)16-5-4-15-25-26-18(19(21,22)23)29(15)27-16/h1-5,10,13H,6-9,11H2,(H,24,30). The maximum Gasteiger partial charge on any atom is 0.453 e. The van der Waals surface area contributed by atoms with Gasteiger partial charge in [0, 0.05) is 30.6 Å². The van der Waals surface area contributed by atoms with Gasteiger partial charge in [0.05, 0.1) is 0 Å². The first-order chi connectivity index (χ1) is 14.3. The van der Waals surface area contributed by atoms with Crippen molar-refractivity contribution < 1.29 is 18.0 Å². The molecule has 1 aliphatic heterocycles. The number of aromatic nitrogens is 4. The summed E-state index contributed by atoms with van der Waals surface area (Å²) in [5.74, 6) is -0.971. The fourth-order valence-electron chi connectivity index (χ4n) is 3.48. The third kappa shape index (κ3) is 4.33. The summed E-state index contributed by atoms with van der Waals surface area (Å²) in [5.41, 5.74) is 0.946. The van der Waals surface area contributed by atoms with Crippen LogP contribution in [0.3, 0.4) is 0 Å². The molecule has 0 aliphatic carbocycles. The van der Waals surface area contributed by atoms with E-state index in [0.29, 0.717) is 47.8 Å². The van der Waals surface area contributed by atoms with Gasteiger partial charge >= 0.3 is 6.18 Å². The molecule has 1 N–H and O–H groups in total. The highest BCUT2D eigenvalue weighted by molar-refractivity contribution is 6.30. The molecule has 3 heterocycles. The minimum Gasteiger partial charge on any atom is -0.355 e. The molecule has 3 aromatic rings. The molecule has 0 radical (unpaired) electrons. The van der Waals surface area contributed by atoms with E-state index < -0.39 is 12.0 Å². The van der Waals surface area contributed by atoms with Crippen molar-refractivity contribution >= 4 is 29.0 Å². The molecule has 0 atom stereocenters. The molecule has 1 saturated heterocycles. The number of fused-ring (bicyclic) bond motifs is 1. The van der Waals surface area contributed by atoms with Crippen molar-refractivity contribution in [2.24, 2.45) is 5.92 Å². The van der Waals surface area contributed by atoms with Gasteiger partial charge in [-0.05, 0) is 42.7 Å². The second-order valence-corrected chi connectivity index (χ2v) is 7.53. The Labute approximate surface area is 174 Å². The molecule has 1 aliphatic rings. The molecule has 0 bridgehead atoms. The van der Waals surface area contributed by atoms with Gasteiger partial charge in [-0.1, -0.05) is 23.7 Å². The fourth-order valence-corrected chi connectivity index (χ4v) is 3.69. The third-order valence-corrected chi connectivity index (χ3v) is 5.28. The summed E-state index contributed by atoms with van der Waals surface area (Å²) in [7, 11) is 0. The van der Waals surface area contributed by atoms with Gasteiger partial charge in [-0.3, -0.25) is 4.79 Å². The molecule has 11 heteroatoms. The van der Waals surface area contributed by atoms with E-state index >= 15 is 0 Å². The number of rotatable bonds is 4. The number of anilines is 1. The maximum absolute atomic E-state index is 13.1. The molecule has 4 rings (SSSR count). The van der Waals surface area contributed by atoms with Crippen LogP contribution in [-0.2, 0) is 17.5 Å². The third-order valence-electron chi connectivity index (χ3n) is 5.05. The lowest BCUT2D eigenvalue weighted by Gasteiger charge is -2.32. The van der Waals surface area contributed by atoms with Crippen LogP contribution in [0.5, 0.6) is 0 Å². The fraction of sp³-hybridized carbons (Fsp3) is 0.368. The van der Waals surface area contributed by atoms with Crippen LogP contribution in [0.1, 0.15) is 24.2 Å². The quantitative estimate of drug-likeness (QED) is 0.676. The number of hydrogen-bond donors (Lipinski definition) is 1. The summed E-state index contributed by atoms with van der Waals surface area (Å²) in [6.07, 6.45) is -3.48. The first kappa shape index (κ1) is 20.4. The SMILES string of the molecule is O=C(NCc1cccc(Cl)c1)C1CCN(c2ccc3nnc(C(F)(F)F)n3n2)CC1. The van der Waals surface area contributed by atoms with E-state index in [0.717, 1.165) is 5.56 Å². The van der Waals surface area contributed by atoms with E-state index in [1.807, 2.05) is 17.0 Å². The number of alkyl halides is 3. The van der Waals surface area contributed by atoms with Crippen molar-refractivity contribution in [1.82, 2.24) is 25.1 Å². The summed E-state index contributed by atoms with van der Waals surface area (Å²) in [6, 6.07) is 10.3. The predicted molar refractivity (Wildman–Crippen MR) is 104 cm³/mol. The van der Waals surface area contributed by atoms with Gasteiger partial charge in [0.15, 0.2) is 5.65 Å². The number of nitrogens with zero attached hydrogens (tertiary/aromatic N) is 5. The predicted octanol–water partition coefficient (Wildman–Crippen LogP) is 3.33. The molecule has 2 aromatic heterocycles. The van der Waals surface area contributed by atoms with Crippen molar-refractivity contribution in [1.29, 1.82) is 0 Å². The van der Waals surface area contributed by atoms with E-state index in [1.54, 1.807) is 18.2 Å². The highest BCUT2D eigenvalue weighted by atomic mass is 35.5. The van der Waals surface area contributed by atoms with Crippen LogP contribution in [-0.4, -0.2) is 38.8 Å². The Morgan fingerprint density at radius 3 is 2.63 bits per heavy atom. The van der Waals surface area contributed by atoms with Gasteiger partial charge in [0.2, 0.25) is 5.91 Å². The highest BCUT2D eigenvalue weighted by Crippen LogP contribution is 2.28. The second kappa shape index (κ2) is 8.10. The van der Waals surface area contributed by atoms with Gasteiger partial charge in [0.25, 0.3) is 5.82 Å². The number of benzene rings is 1. The van der Waals surface area contributed by atoms with Gasteiger partial charge in [0.1, 0.15) is 5.82 Å². The zero-order chi connectivity index (χ0) is 21.3. The molecule has 1 fully saturated rings. The minimum atomic E-state index is -4.64. The van der Waals surface area contributed by atoms with Crippen molar-refractivity contribution in [3.63, 3.8) is 0 Å². The normalized spacial score (nSPS) is 15.5. The Morgan fingerprint density at radius 1 is 1.17 bits per heavy atom. The molecule has 30 heavy (non-hydrogen) atoms. The number of carbonyl (C=O) groups is 1. The monoisotopic (exact) mass is 438 g/mol. The van der Waals surface area contributed by atoms with Crippen LogP contribution in [0.2, 0.25) is 5.02 Å². The van der Waals surface area contributed by atoms with Crippen molar-refractivity contribution in [2.45, 2.75) is 25.6 Å². The van der Waals surface area contributed by atoms with Crippen molar-refractivity contribution in [2.75, 3.05) is 18.0 Å². The van der Waals surface area contributed by atoms with Crippen molar-refractivity contribution in [3.05, 3.63) is 52.8 Å². The summed E-state index contributed by atoms with van der Waals surface area (Å²) in [6.45, 7) is 1.42. The lowest BCUT2D eigenvalue weighted by Crippen LogP contribution is -2.40. The molecule has 0 saturated carbocycles. The smallest absolute Gasteiger partial charge is 0.355 e. The summed E-state index contributed by atoms with van der Waals surface area (Å²) < 4.78 is 39.9. The Hall–Kier alpha value is -2.88. The molecule has 1 amide bonds. The van der Waals surface area contributed by atoms with Crippen LogP contribution >= 0.6 is 11.6 Å². The lowest BCUT2D eigenvalue weighted by molar-refractivity contribution is -0.146. The van der Waals surface area contributed by atoms with E-state index in [2.05, 4.69) is 20.6 Å². The lowest BCUT2D eigenvalue weighted by atomic mass is 9.96. The minimum absolute atomic E-state index is 0.0290. The van der Waals surface area contributed by atoms with Crippen LogP contribution in [0.25, 0.3) is 5.65 Å². The van der Waals surface area contributed by atoms with Gasteiger partial charge in [-0.15, -0.1) is 15.3 Å². The second-order valence-electron chi connectivity index (χ2n) is 7.09. The van der Waals surface area contributed by atoms with Gasteiger partial charge in [-0.25, -0.2) is 0 Å². The molecular formula is C19H18ClF3N6O. The number of carbonyl (C=O) groups excluding carboxylic acids is 1. The average Bonchev–Trinajstić information content (AvgIpc) is 3.16. The first-order valence-electron chi connectivity index (χ1n) is 9.38.